The minimum absolute atomic E-state index is 0.102. The molecule has 2 heteroatoms. The van der Waals surface area contributed by atoms with Crippen LogP contribution < -0.4 is 4.90 Å². The molecule has 302 valence electrons. The van der Waals surface area contributed by atoms with Crippen LogP contribution in [0.15, 0.2) is 229 Å². The van der Waals surface area contributed by atoms with E-state index in [0.717, 1.165) is 45.3 Å². The molecule has 0 saturated heterocycles. The van der Waals surface area contributed by atoms with E-state index < -0.39 is 5.41 Å². The molecule has 0 unspecified atom stereocenters. The van der Waals surface area contributed by atoms with Gasteiger partial charge in [0.25, 0.3) is 0 Å². The van der Waals surface area contributed by atoms with Gasteiger partial charge in [-0.25, -0.2) is 0 Å². The van der Waals surface area contributed by atoms with Crippen molar-refractivity contribution < 1.29 is 4.42 Å². The zero-order valence-electron chi connectivity index (χ0n) is 35.7. The summed E-state index contributed by atoms with van der Waals surface area (Å²) < 4.78 is 7.37. The SMILES string of the molecule is CC1(C)c2ccccc2-c2cc(N(c3ccc4c(c3)-c3c(-c5ccccc5)oc(-c5ccccc5)c3C43c4ccccc4-c4ccccc43)c3ccccc3-c3ccccc3)ccc21. The quantitative estimate of drug-likeness (QED) is 0.166. The second-order valence-electron chi connectivity index (χ2n) is 17.9. The van der Waals surface area contributed by atoms with Crippen molar-refractivity contribution in [2.75, 3.05) is 4.90 Å². The molecule has 64 heavy (non-hydrogen) atoms. The molecule has 0 aliphatic heterocycles. The van der Waals surface area contributed by atoms with Crippen LogP contribution in [0.4, 0.5) is 17.1 Å². The number of para-hydroxylation sites is 1. The van der Waals surface area contributed by atoms with Gasteiger partial charge in [0.2, 0.25) is 0 Å². The number of fused-ring (bicyclic) bond motifs is 13. The molecule has 0 radical (unpaired) electrons. The summed E-state index contributed by atoms with van der Waals surface area (Å²) in [7, 11) is 0. The molecule has 0 atom stereocenters. The molecule has 10 aromatic rings. The van der Waals surface area contributed by atoms with Crippen molar-refractivity contribution in [2.24, 2.45) is 0 Å². The smallest absolute Gasteiger partial charge is 0.142 e. The van der Waals surface area contributed by atoms with Crippen LogP contribution in [-0.4, -0.2) is 0 Å². The van der Waals surface area contributed by atoms with Gasteiger partial charge in [0.15, 0.2) is 0 Å². The van der Waals surface area contributed by atoms with Gasteiger partial charge in [-0.3, -0.25) is 0 Å². The zero-order chi connectivity index (χ0) is 42.6. The summed E-state index contributed by atoms with van der Waals surface area (Å²) in [6.45, 7) is 4.71. The number of hydrogen-bond donors (Lipinski definition) is 0. The van der Waals surface area contributed by atoms with Crippen LogP contribution in [0.25, 0.3) is 67.2 Å². The molecule has 0 fully saturated rings. The van der Waals surface area contributed by atoms with Gasteiger partial charge in [-0.15, -0.1) is 0 Å². The number of benzene rings is 9. The Morgan fingerprint density at radius 2 is 0.766 bits per heavy atom. The topological polar surface area (TPSA) is 16.4 Å². The predicted octanol–water partition coefficient (Wildman–Crippen LogP) is 16.4. The molecule has 0 amide bonds. The fourth-order valence-electron chi connectivity index (χ4n) is 11.6. The van der Waals surface area contributed by atoms with Gasteiger partial charge in [0, 0.05) is 44.6 Å². The molecule has 9 aromatic carbocycles. The molecule has 0 N–H and O–H groups in total. The summed E-state index contributed by atoms with van der Waals surface area (Å²) in [6.07, 6.45) is 0. The van der Waals surface area contributed by atoms with Crippen LogP contribution >= 0.6 is 0 Å². The van der Waals surface area contributed by atoms with Gasteiger partial charge >= 0.3 is 0 Å². The van der Waals surface area contributed by atoms with Crippen molar-refractivity contribution in [3.63, 3.8) is 0 Å². The third kappa shape index (κ3) is 5.02. The van der Waals surface area contributed by atoms with E-state index in [2.05, 4.69) is 243 Å². The highest BCUT2D eigenvalue weighted by atomic mass is 16.3. The maximum absolute atomic E-state index is 7.37. The Morgan fingerprint density at radius 1 is 0.344 bits per heavy atom. The summed E-state index contributed by atoms with van der Waals surface area (Å²) in [5.74, 6) is 1.80. The maximum atomic E-state index is 7.37. The Labute approximate surface area is 374 Å². The van der Waals surface area contributed by atoms with Gasteiger partial charge < -0.3 is 9.32 Å². The molecular weight excluding hydrogens is 775 g/mol. The van der Waals surface area contributed by atoms with Crippen molar-refractivity contribution in [3.8, 4) is 67.2 Å². The average molecular weight is 818 g/mol. The number of hydrogen-bond acceptors (Lipinski definition) is 2. The average Bonchev–Trinajstić information content (AvgIpc) is 4.05. The number of anilines is 3. The molecule has 13 rings (SSSR count). The first-order valence-electron chi connectivity index (χ1n) is 22.3. The van der Waals surface area contributed by atoms with Gasteiger partial charge in [0.1, 0.15) is 11.5 Å². The monoisotopic (exact) mass is 817 g/mol. The number of furan rings is 1. The van der Waals surface area contributed by atoms with E-state index in [4.69, 9.17) is 4.42 Å². The third-order valence-electron chi connectivity index (χ3n) is 14.3. The van der Waals surface area contributed by atoms with E-state index in [1.165, 1.54) is 72.3 Å². The number of rotatable bonds is 6. The summed E-state index contributed by atoms with van der Waals surface area (Å²) in [4.78, 5) is 2.48. The van der Waals surface area contributed by atoms with E-state index in [1.54, 1.807) is 0 Å². The molecule has 1 heterocycles. The molecule has 3 aliphatic rings. The summed E-state index contributed by atoms with van der Waals surface area (Å²) in [6, 6.07) is 82.4. The first-order valence-corrected chi connectivity index (χ1v) is 22.3. The van der Waals surface area contributed by atoms with E-state index in [1.807, 2.05) is 0 Å². The lowest BCUT2D eigenvalue weighted by Gasteiger charge is -2.32. The van der Waals surface area contributed by atoms with E-state index >= 15 is 0 Å². The minimum atomic E-state index is -0.617. The molecule has 3 aliphatic carbocycles. The molecule has 1 aromatic heterocycles. The first kappa shape index (κ1) is 36.7. The van der Waals surface area contributed by atoms with Crippen LogP contribution in [0.5, 0.6) is 0 Å². The lowest BCUT2D eigenvalue weighted by Crippen LogP contribution is -2.26. The number of nitrogens with zero attached hydrogens (tertiary/aromatic N) is 1. The third-order valence-corrected chi connectivity index (χ3v) is 14.3. The van der Waals surface area contributed by atoms with Crippen molar-refractivity contribution in [1.29, 1.82) is 0 Å². The highest BCUT2D eigenvalue weighted by Crippen LogP contribution is 2.67. The standard InChI is InChI=1S/C62H43NO/c1-61(2)51-30-16-12-29-48(51)49-38-43(34-36-52(49)61)63(56-33-19-15-26-45(56)40-20-6-3-7-21-40)44-35-37-55-50(39-44)57-58(62(55)53-31-17-13-27-46(53)47-28-14-18-32-54(47)62)60(42-24-10-5-11-25-42)64-59(57)41-22-8-4-9-23-41/h3-39H,1-2H3. The van der Waals surface area contributed by atoms with E-state index in [9.17, 15) is 0 Å². The molecule has 2 nitrogen and oxygen atoms in total. The summed E-state index contributed by atoms with van der Waals surface area (Å²) in [5, 5.41) is 0. The van der Waals surface area contributed by atoms with Crippen LogP contribution in [0.3, 0.4) is 0 Å². The van der Waals surface area contributed by atoms with E-state index in [-0.39, 0.29) is 5.41 Å². The lowest BCUT2D eigenvalue weighted by atomic mass is 9.70. The Bertz CT molecular complexity index is 3420. The molecule has 0 bridgehead atoms. The second-order valence-corrected chi connectivity index (χ2v) is 17.9. The zero-order valence-corrected chi connectivity index (χ0v) is 35.7. The van der Waals surface area contributed by atoms with Crippen molar-refractivity contribution in [3.05, 3.63) is 258 Å². The molecule has 1 spiro atoms. The van der Waals surface area contributed by atoms with E-state index in [0.29, 0.717) is 0 Å². The second kappa shape index (κ2) is 13.8. The normalized spacial score (nSPS) is 14.0. The van der Waals surface area contributed by atoms with Gasteiger partial charge in [-0.05, 0) is 91.5 Å². The Balaban J connectivity index is 1.13. The first-order chi connectivity index (χ1) is 31.5. The predicted molar refractivity (Wildman–Crippen MR) is 264 cm³/mol. The van der Waals surface area contributed by atoms with Gasteiger partial charge in [0.05, 0.1) is 11.1 Å². The molecular formula is C62H43NO. The summed E-state index contributed by atoms with van der Waals surface area (Å²) >= 11 is 0. The largest absolute Gasteiger partial charge is 0.455 e. The van der Waals surface area contributed by atoms with Gasteiger partial charge in [-0.2, -0.15) is 0 Å². The lowest BCUT2D eigenvalue weighted by molar-refractivity contribution is 0.588. The fourth-order valence-corrected chi connectivity index (χ4v) is 11.6. The van der Waals surface area contributed by atoms with Crippen molar-refractivity contribution in [1.82, 2.24) is 0 Å². The Morgan fingerprint density at radius 3 is 1.38 bits per heavy atom. The van der Waals surface area contributed by atoms with Crippen molar-refractivity contribution in [2.45, 2.75) is 24.7 Å². The molecule has 0 saturated carbocycles. The van der Waals surface area contributed by atoms with Crippen LogP contribution in [0, 0.1) is 0 Å². The Kier molecular flexibility index (Phi) is 7.90. The van der Waals surface area contributed by atoms with Crippen LogP contribution in [0.1, 0.15) is 47.2 Å². The van der Waals surface area contributed by atoms with Crippen molar-refractivity contribution >= 4 is 17.1 Å². The van der Waals surface area contributed by atoms with Crippen LogP contribution in [0.2, 0.25) is 0 Å². The van der Waals surface area contributed by atoms with Gasteiger partial charge in [-0.1, -0.05) is 208 Å². The maximum Gasteiger partial charge on any atom is 0.142 e. The summed E-state index contributed by atoms with van der Waals surface area (Å²) in [5.41, 5.74) is 22.3. The Hall–Kier alpha value is -7.94. The van der Waals surface area contributed by atoms with Crippen LogP contribution in [-0.2, 0) is 10.8 Å². The highest BCUT2D eigenvalue weighted by molar-refractivity contribution is 6.04. The highest BCUT2D eigenvalue weighted by Gasteiger charge is 2.55. The fraction of sp³-hybridized carbons (Fsp3) is 0.0645. The minimum Gasteiger partial charge on any atom is -0.455 e.